The van der Waals surface area contributed by atoms with Crippen molar-refractivity contribution in [2.75, 3.05) is 19.8 Å². The fraction of sp³-hybridized carbons (Fsp3) is 0.778. The molecule has 0 saturated carbocycles. The molecule has 4 heteroatoms. The molecule has 0 aliphatic heterocycles. The molecule has 3 N–H and O–H groups in total. The van der Waals surface area contributed by atoms with Gasteiger partial charge in [0.15, 0.2) is 6.29 Å². The molecule has 0 spiro atoms. The highest BCUT2D eigenvalue weighted by Gasteiger charge is 2.35. The van der Waals surface area contributed by atoms with Gasteiger partial charge in [-0.3, -0.25) is 0 Å². The molecule has 1 atom stereocenters. The van der Waals surface area contributed by atoms with E-state index in [0.29, 0.717) is 6.42 Å². The van der Waals surface area contributed by atoms with E-state index < -0.39 is 11.7 Å². The van der Waals surface area contributed by atoms with Crippen LogP contribution < -0.4 is 0 Å². The van der Waals surface area contributed by atoms with Gasteiger partial charge in [0.05, 0.1) is 25.2 Å². The Hall–Kier alpha value is -0.420. The van der Waals surface area contributed by atoms with Gasteiger partial charge in [0.1, 0.15) is 0 Å². The standard InChI is InChI=1S/C9H18O4/c1-3-5-13-8(12)9(4-2,6-10)7-11/h3,8,10-12H,1,4-7H2,2H3. The average Bonchev–Trinajstić information content (AvgIpc) is 2.18. The molecule has 0 aromatic rings. The zero-order chi connectivity index (χ0) is 10.3. The molecule has 0 heterocycles. The first-order valence-electron chi connectivity index (χ1n) is 4.29. The van der Waals surface area contributed by atoms with Crippen molar-refractivity contribution in [3.63, 3.8) is 0 Å². The maximum absolute atomic E-state index is 9.50. The number of hydrogen-bond acceptors (Lipinski definition) is 4. The molecule has 0 aliphatic rings. The van der Waals surface area contributed by atoms with Gasteiger partial charge in [-0.15, -0.1) is 6.58 Å². The van der Waals surface area contributed by atoms with Crippen LogP contribution in [0.15, 0.2) is 12.7 Å². The van der Waals surface area contributed by atoms with Crippen LogP contribution in [0.1, 0.15) is 13.3 Å². The number of hydrogen-bond donors (Lipinski definition) is 3. The largest absolute Gasteiger partial charge is 0.396 e. The van der Waals surface area contributed by atoms with Crippen LogP contribution in [0.2, 0.25) is 0 Å². The van der Waals surface area contributed by atoms with Gasteiger partial charge in [-0.1, -0.05) is 13.0 Å². The third-order valence-electron chi connectivity index (χ3n) is 2.23. The van der Waals surface area contributed by atoms with E-state index in [-0.39, 0.29) is 19.8 Å². The van der Waals surface area contributed by atoms with E-state index in [9.17, 15) is 5.11 Å². The van der Waals surface area contributed by atoms with Gasteiger partial charge in [-0.2, -0.15) is 0 Å². The molecule has 78 valence electrons. The first-order valence-corrected chi connectivity index (χ1v) is 4.29. The SMILES string of the molecule is C=CCOC(O)C(CC)(CO)CO. The van der Waals surface area contributed by atoms with E-state index in [1.54, 1.807) is 6.92 Å². The summed E-state index contributed by atoms with van der Waals surface area (Å²) in [6.07, 6.45) is 0.780. The molecule has 0 rings (SSSR count). The van der Waals surface area contributed by atoms with Crippen LogP contribution >= 0.6 is 0 Å². The third kappa shape index (κ3) is 3.08. The zero-order valence-corrected chi connectivity index (χ0v) is 7.94. The third-order valence-corrected chi connectivity index (χ3v) is 2.23. The second kappa shape index (κ2) is 6.10. The lowest BCUT2D eigenvalue weighted by Crippen LogP contribution is -2.43. The van der Waals surface area contributed by atoms with Crippen LogP contribution in [0.3, 0.4) is 0 Å². The Balaban J connectivity index is 4.24. The quantitative estimate of drug-likeness (QED) is 0.387. The lowest BCUT2D eigenvalue weighted by molar-refractivity contribution is -0.195. The summed E-state index contributed by atoms with van der Waals surface area (Å²) < 4.78 is 4.95. The predicted molar refractivity (Wildman–Crippen MR) is 49.1 cm³/mol. The second-order valence-electron chi connectivity index (χ2n) is 3.01. The predicted octanol–water partition coefficient (Wildman–Crippen LogP) is -0.112. The molecular formula is C9H18O4. The molecule has 0 fully saturated rings. The monoisotopic (exact) mass is 190 g/mol. The van der Waals surface area contributed by atoms with Crippen molar-refractivity contribution in [3.05, 3.63) is 12.7 Å². The van der Waals surface area contributed by atoms with E-state index in [1.165, 1.54) is 6.08 Å². The maximum atomic E-state index is 9.50. The topological polar surface area (TPSA) is 69.9 Å². The Morgan fingerprint density at radius 1 is 1.46 bits per heavy atom. The summed E-state index contributed by atoms with van der Waals surface area (Å²) in [5.41, 5.74) is -0.969. The molecular weight excluding hydrogens is 172 g/mol. The van der Waals surface area contributed by atoms with Crippen molar-refractivity contribution in [2.24, 2.45) is 5.41 Å². The summed E-state index contributed by atoms with van der Waals surface area (Å²) in [5, 5.41) is 27.5. The minimum Gasteiger partial charge on any atom is -0.396 e. The maximum Gasteiger partial charge on any atom is 0.164 e. The van der Waals surface area contributed by atoms with Gasteiger partial charge in [0.25, 0.3) is 0 Å². The molecule has 0 aromatic heterocycles. The summed E-state index contributed by atoms with van der Waals surface area (Å²) in [4.78, 5) is 0. The number of ether oxygens (including phenoxy) is 1. The molecule has 4 nitrogen and oxygen atoms in total. The first-order chi connectivity index (χ1) is 6.16. The van der Waals surface area contributed by atoms with Crippen LogP contribution in [0, 0.1) is 5.41 Å². The van der Waals surface area contributed by atoms with Crippen LogP contribution in [-0.2, 0) is 4.74 Å². The molecule has 0 radical (unpaired) electrons. The van der Waals surface area contributed by atoms with E-state index in [1.807, 2.05) is 0 Å². The van der Waals surface area contributed by atoms with Gasteiger partial charge in [-0.05, 0) is 6.42 Å². The highest BCUT2D eigenvalue weighted by atomic mass is 16.6. The molecule has 0 aliphatic carbocycles. The summed E-state index contributed by atoms with van der Waals surface area (Å²) in [7, 11) is 0. The smallest absolute Gasteiger partial charge is 0.164 e. The molecule has 1 unspecified atom stereocenters. The first kappa shape index (κ1) is 12.6. The summed E-state index contributed by atoms with van der Waals surface area (Å²) in [6, 6.07) is 0. The number of aliphatic hydroxyl groups is 3. The normalized spacial score (nSPS) is 14.2. The lowest BCUT2D eigenvalue weighted by atomic mass is 9.86. The van der Waals surface area contributed by atoms with Crippen molar-refractivity contribution < 1.29 is 20.1 Å². The average molecular weight is 190 g/mol. The van der Waals surface area contributed by atoms with Gasteiger partial charge in [0.2, 0.25) is 0 Å². The molecule has 0 bridgehead atoms. The Morgan fingerprint density at radius 2 is 2.00 bits per heavy atom. The number of rotatable bonds is 7. The van der Waals surface area contributed by atoms with Crippen LogP contribution in [0.5, 0.6) is 0 Å². The van der Waals surface area contributed by atoms with Crippen molar-refractivity contribution in [1.82, 2.24) is 0 Å². The van der Waals surface area contributed by atoms with Crippen LogP contribution in [-0.4, -0.2) is 41.4 Å². The Morgan fingerprint density at radius 3 is 2.31 bits per heavy atom. The van der Waals surface area contributed by atoms with Gasteiger partial charge < -0.3 is 20.1 Å². The summed E-state index contributed by atoms with van der Waals surface area (Å²) in [5.74, 6) is 0. The highest BCUT2D eigenvalue weighted by Crippen LogP contribution is 2.26. The van der Waals surface area contributed by atoms with Crippen LogP contribution in [0.25, 0.3) is 0 Å². The lowest BCUT2D eigenvalue weighted by Gasteiger charge is -2.32. The Bertz CT molecular complexity index is 134. The zero-order valence-electron chi connectivity index (χ0n) is 7.94. The van der Waals surface area contributed by atoms with E-state index in [2.05, 4.69) is 6.58 Å². The van der Waals surface area contributed by atoms with E-state index in [0.717, 1.165) is 0 Å². The van der Waals surface area contributed by atoms with Gasteiger partial charge in [-0.25, -0.2) is 0 Å². The number of aliphatic hydroxyl groups excluding tert-OH is 3. The van der Waals surface area contributed by atoms with Crippen molar-refractivity contribution in [2.45, 2.75) is 19.6 Å². The van der Waals surface area contributed by atoms with Gasteiger partial charge >= 0.3 is 0 Å². The minimum atomic E-state index is -1.16. The minimum absolute atomic E-state index is 0.197. The summed E-state index contributed by atoms with van der Waals surface area (Å²) >= 11 is 0. The Labute approximate surface area is 78.5 Å². The molecule has 0 amide bonds. The van der Waals surface area contributed by atoms with Crippen LogP contribution in [0.4, 0.5) is 0 Å². The fourth-order valence-corrected chi connectivity index (χ4v) is 0.940. The summed E-state index contributed by atoms with van der Waals surface area (Å²) in [6.45, 7) is 4.78. The van der Waals surface area contributed by atoms with Crippen molar-refractivity contribution >= 4 is 0 Å². The molecule has 0 saturated heterocycles. The van der Waals surface area contributed by atoms with E-state index >= 15 is 0 Å². The highest BCUT2D eigenvalue weighted by molar-refractivity contribution is 4.80. The molecule has 0 aromatic carbocycles. The van der Waals surface area contributed by atoms with Crippen molar-refractivity contribution in [1.29, 1.82) is 0 Å². The van der Waals surface area contributed by atoms with Gasteiger partial charge in [0, 0.05) is 0 Å². The fourth-order valence-electron chi connectivity index (χ4n) is 0.940. The van der Waals surface area contributed by atoms with Crippen molar-refractivity contribution in [3.8, 4) is 0 Å². The van der Waals surface area contributed by atoms with E-state index in [4.69, 9.17) is 14.9 Å². The Kier molecular flexibility index (Phi) is 5.90. The molecule has 13 heavy (non-hydrogen) atoms. The second-order valence-corrected chi connectivity index (χ2v) is 3.01.